The molecule has 9 heteroatoms. The van der Waals surface area contributed by atoms with Crippen LogP contribution in [0.1, 0.15) is 18.0 Å². The van der Waals surface area contributed by atoms with Crippen molar-refractivity contribution in [2.75, 3.05) is 19.6 Å². The first-order valence-electron chi connectivity index (χ1n) is 6.86. The van der Waals surface area contributed by atoms with Crippen LogP contribution in [0, 0.1) is 11.6 Å². The van der Waals surface area contributed by atoms with Crippen molar-refractivity contribution < 1.29 is 31.9 Å². The number of benzene rings is 1. The lowest BCUT2D eigenvalue weighted by Gasteiger charge is -2.24. The molecule has 4 nitrogen and oxygen atoms in total. The zero-order chi connectivity index (χ0) is 17.2. The highest BCUT2D eigenvalue weighted by Gasteiger charge is 2.35. The highest BCUT2D eigenvalue weighted by atomic mass is 19.4. The van der Waals surface area contributed by atoms with E-state index < -0.39 is 49.0 Å². The van der Waals surface area contributed by atoms with Crippen molar-refractivity contribution in [3.63, 3.8) is 0 Å². The van der Waals surface area contributed by atoms with Crippen LogP contribution >= 0.6 is 0 Å². The number of nitrogens with zero attached hydrogens (tertiary/aromatic N) is 1. The Kier molecular flexibility index (Phi) is 5.20. The Labute approximate surface area is 128 Å². The number of β-amino-alcohol motifs (C(OH)–C–C–N with tert-alkyl or cyclic N) is 1. The molecule has 1 aromatic carbocycles. The Hall–Kier alpha value is -1.74. The largest absolute Gasteiger partial charge is 0.405 e. The maximum absolute atomic E-state index is 13.8. The third kappa shape index (κ3) is 4.87. The van der Waals surface area contributed by atoms with Crippen molar-refractivity contribution in [1.82, 2.24) is 10.2 Å². The van der Waals surface area contributed by atoms with E-state index in [-0.39, 0.29) is 18.5 Å². The van der Waals surface area contributed by atoms with Gasteiger partial charge in [-0.1, -0.05) is 0 Å². The van der Waals surface area contributed by atoms with Crippen LogP contribution in [-0.2, 0) is 4.79 Å². The van der Waals surface area contributed by atoms with Crippen LogP contribution in [0.3, 0.4) is 0 Å². The summed E-state index contributed by atoms with van der Waals surface area (Å²) < 4.78 is 63.3. The lowest BCUT2D eigenvalue weighted by Crippen LogP contribution is -2.41. The summed E-state index contributed by atoms with van der Waals surface area (Å²) in [7, 11) is 0. The Morgan fingerprint density at radius 3 is 2.70 bits per heavy atom. The van der Waals surface area contributed by atoms with Gasteiger partial charge >= 0.3 is 6.18 Å². The third-order valence-electron chi connectivity index (χ3n) is 3.53. The van der Waals surface area contributed by atoms with Gasteiger partial charge in [0.25, 0.3) is 0 Å². The van der Waals surface area contributed by atoms with E-state index in [0.29, 0.717) is 0 Å². The van der Waals surface area contributed by atoms with Gasteiger partial charge in [-0.3, -0.25) is 9.69 Å². The minimum Gasteiger partial charge on any atom is -0.392 e. The predicted molar refractivity (Wildman–Crippen MR) is 70.4 cm³/mol. The van der Waals surface area contributed by atoms with Gasteiger partial charge in [0.15, 0.2) is 0 Å². The average molecular weight is 338 g/mol. The summed E-state index contributed by atoms with van der Waals surface area (Å²) in [4.78, 5) is 12.9. The molecule has 1 saturated heterocycles. The third-order valence-corrected chi connectivity index (χ3v) is 3.53. The second-order valence-electron chi connectivity index (χ2n) is 5.39. The van der Waals surface area contributed by atoms with Crippen LogP contribution in [0.25, 0.3) is 0 Å². The number of nitrogens with one attached hydrogen (secondary N) is 1. The maximum atomic E-state index is 13.8. The molecule has 1 fully saturated rings. The van der Waals surface area contributed by atoms with Gasteiger partial charge in [-0.05, 0) is 24.6 Å². The highest BCUT2D eigenvalue weighted by Crippen LogP contribution is 2.33. The van der Waals surface area contributed by atoms with Crippen LogP contribution in [0.5, 0.6) is 0 Å². The quantitative estimate of drug-likeness (QED) is 0.823. The molecule has 0 bridgehead atoms. The van der Waals surface area contributed by atoms with Crippen LogP contribution in [0.15, 0.2) is 18.2 Å². The van der Waals surface area contributed by atoms with E-state index in [4.69, 9.17) is 0 Å². The molecule has 0 unspecified atom stereocenters. The maximum Gasteiger partial charge on any atom is 0.405 e. The average Bonchev–Trinajstić information content (AvgIpc) is 2.79. The van der Waals surface area contributed by atoms with Crippen molar-refractivity contribution in [3.8, 4) is 0 Å². The lowest BCUT2D eigenvalue weighted by molar-refractivity contribution is -0.139. The molecule has 2 atom stereocenters. The number of halogens is 5. The highest BCUT2D eigenvalue weighted by molar-refractivity contribution is 5.78. The van der Waals surface area contributed by atoms with Gasteiger partial charge in [0, 0.05) is 18.2 Å². The first-order valence-corrected chi connectivity index (χ1v) is 6.86. The summed E-state index contributed by atoms with van der Waals surface area (Å²) in [5.41, 5.74) is -0.0369. The number of alkyl halides is 3. The fourth-order valence-corrected chi connectivity index (χ4v) is 2.59. The fraction of sp³-hybridized carbons (Fsp3) is 0.500. The molecule has 2 rings (SSSR count). The van der Waals surface area contributed by atoms with E-state index in [2.05, 4.69) is 0 Å². The van der Waals surface area contributed by atoms with Crippen molar-refractivity contribution in [2.45, 2.75) is 24.7 Å². The van der Waals surface area contributed by atoms with Crippen molar-refractivity contribution >= 4 is 5.91 Å². The molecule has 0 radical (unpaired) electrons. The number of aliphatic hydroxyl groups excluding tert-OH is 1. The fourth-order valence-electron chi connectivity index (χ4n) is 2.59. The number of hydrogen-bond acceptors (Lipinski definition) is 3. The van der Waals surface area contributed by atoms with Crippen molar-refractivity contribution in [1.29, 1.82) is 0 Å². The summed E-state index contributed by atoms with van der Waals surface area (Å²) in [5.74, 6) is -2.28. The van der Waals surface area contributed by atoms with E-state index in [1.165, 1.54) is 4.90 Å². The summed E-state index contributed by atoms with van der Waals surface area (Å²) in [6.07, 6.45) is -5.35. The summed E-state index contributed by atoms with van der Waals surface area (Å²) in [6.45, 7) is -1.94. The molecule has 1 aliphatic rings. The SMILES string of the molecule is O=C(CN1C[C@@H](O)C[C@@H]1c1cc(F)ccc1F)NCC(F)(F)F. The monoisotopic (exact) mass is 338 g/mol. The van der Waals surface area contributed by atoms with Gasteiger partial charge in [-0.25, -0.2) is 8.78 Å². The predicted octanol–water partition coefficient (Wildman–Crippen LogP) is 1.75. The van der Waals surface area contributed by atoms with Gasteiger partial charge in [0.1, 0.15) is 18.2 Å². The molecule has 1 aromatic rings. The molecule has 0 spiro atoms. The minimum absolute atomic E-state index is 0.0138. The van der Waals surface area contributed by atoms with Gasteiger partial charge in [0.05, 0.1) is 12.6 Å². The van der Waals surface area contributed by atoms with E-state index in [9.17, 15) is 31.9 Å². The van der Waals surface area contributed by atoms with Crippen molar-refractivity contribution in [2.24, 2.45) is 0 Å². The molecule has 128 valence electrons. The Morgan fingerprint density at radius 2 is 2.04 bits per heavy atom. The molecule has 0 aliphatic carbocycles. The number of carbonyl (C=O) groups is 1. The Bertz CT molecular complexity index is 579. The van der Waals surface area contributed by atoms with Crippen LogP contribution in [0.2, 0.25) is 0 Å². The lowest BCUT2D eigenvalue weighted by atomic mass is 10.0. The van der Waals surface area contributed by atoms with Gasteiger partial charge in [-0.2, -0.15) is 13.2 Å². The van der Waals surface area contributed by atoms with E-state index in [0.717, 1.165) is 18.2 Å². The van der Waals surface area contributed by atoms with Crippen molar-refractivity contribution in [3.05, 3.63) is 35.4 Å². The second-order valence-corrected chi connectivity index (χ2v) is 5.39. The number of carbonyl (C=O) groups excluding carboxylic acids is 1. The van der Waals surface area contributed by atoms with Gasteiger partial charge in [0.2, 0.25) is 5.91 Å². The number of likely N-dealkylation sites (tertiary alicyclic amines) is 1. The first kappa shape index (κ1) is 17.6. The molecule has 23 heavy (non-hydrogen) atoms. The summed E-state index contributed by atoms with van der Waals surface area (Å²) in [6, 6.07) is 2.04. The van der Waals surface area contributed by atoms with Crippen LogP contribution < -0.4 is 5.32 Å². The smallest absolute Gasteiger partial charge is 0.392 e. The van der Waals surface area contributed by atoms with E-state index in [1.54, 1.807) is 5.32 Å². The molecule has 0 saturated carbocycles. The van der Waals surface area contributed by atoms with Crippen LogP contribution in [-0.4, -0.2) is 47.8 Å². The number of hydrogen-bond donors (Lipinski definition) is 2. The number of amides is 1. The van der Waals surface area contributed by atoms with Gasteiger partial charge < -0.3 is 10.4 Å². The normalized spacial score (nSPS) is 22.3. The molecule has 1 aliphatic heterocycles. The second kappa shape index (κ2) is 6.79. The van der Waals surface area contributed by atoms with Crippen LogP contribution in [0.4, 0.5) is 22.0 Å². The number of aliphatic hydroxyl groups is 1. The molecule has 2 N–H and O–H groups in total. The molecule has 1 heterocycles. The summed E-state index contributed by atoms with van der Waals surface area (Å²) >= 11 is 0. The summed E-state index contributed by atoms with van der Waals surface area (Å²) in [5, 5.41) is 11.4. The zero-order valence-corrected chi connectivity index (χ0v) is 11.9. The standard InChI is InChI=1S/C14H15F5N2O2/c15-8-1-2-11(16)10(3-8)12-4-9(22)5-21(12)6-13(23)20-7-14(17,18)19/h1-3,9,12,22H,4-7H2,(H,20,23)/t9-,12+/m0/s1. The Morgan fingerprint density at radius 1 is 1.35 bits per heavy atom. The Balaban J connectivity index is 2.08. The molecular weight excluding hydrogens is 323 g/mol. The van der Waals surface area contributed by atoms with E-state index >= 15 is 0 Å². The topological polar surface area (TPSA) is 52.6 Å². The molecule has 1 amide bonds. The van der Waals surface area contributed by atoms with E-state index in [1.807, 2.05) is 0 Å². The molecular formula is C14H15F5N2O2. The molecule has 0 aromatic heterocycles. The number of rotatable bonds is 4. The zero-order valence-electron chi connectivity index (χ0n) is 11.9. The first-order chi connectivity index (χ1) is 10.7. The van der Waals surface area contributed by atoms with Gasteiger partial charge in [-0.15, -0.1) is 0 Å². The minimum atomic E-state index is -4.53.